The van der Waals surface area contributed by atoms with E-state index in [2.05, 4.69) is 13.5 Å². The third-order valence-electron chi connectivity index (χ3n) is 5.04. The normalized spacial score (nSPS) is 20.7. The Morgan fingerprint density at radius 1 is 1.25 bits per heavy atom. The Bertz CT molecular complexity index is 595. The van der Waals surface area contributed by atoms with Gasteiger partial charge in [0.15, 0.2) is 0 Å². The van der Waals surface area contributed by atoms with Crippen molar-refractivity contribution >= 4 is 0 Å². The molecule has 0 amide bonds. The van der Waals surface area contributed by atoms with Crippen LogP contribution in [0.15, 0.2) is 35.9 Å². The number of aryl methyl sites for hydroxylation is 1. The summed E-state index contributed by atoms with van der Waals surface area (Å²) in [5.74, 6) is -0.0867. The van der Waals surface area contributed by atoms with E-state index >= 15 is 0 Å². The predicted molar refractivity (Wildman–Crippen MR) is 97.3 cm³/mol. The second kappa shape index (κ2) is 8.36. The van der Waals surface area contributed by atoms with Crippen LogP contribution in [0.25, 0.3) is 0 Å². The number of benzene rings is 1. The highest BCUT2D eigenvalue weighted by molar-refractivity contribution is 5.51. The zero-order valence-electron chi connectivity index (χ0n) is 14.8. The lowest BCUT2D eigenvalue weighted by Gasteiger charge is -2.31. The van der Waals surface area contributed by atoms with Crippen molar-refractivity contribution < 1.29 is 14.6 Å². The maximum absolute atomic E-state index is 13.2. The van der Waals surface area contributed by atoms with Crippen LogP contribution < -0.4 is 0 Å². The van der Waals surface area contributed by atoms with Crippen molar-refractivity contribution in [1.82, 2.24) is 0 Å². The summed E-state index contributed by atoms with van der Waals surface area (Å²) in [6, 6.07) is 3.50. The molecule has 0 aliphatic heterocycles. The highest BCUT2D eigenvalue weighted by Crippen LogP contribution is 2.46. The number of allylic oxidation sites excluding steroid dienone is 3. The number of aromatic hydroxyl groups is 2. The average molecular weight is 332 g/mol. The largest absolute Gasteiger partial charge is 0.507 e. The van der Waals surface area contributed by atoms with Gasteiger partial charge in [0.25, 0.3) is 0 Å². The molecule has 0 spiro atoms. The van der Waals surface area contributed by atoms with Crippen molar-refractivity contribution in [3.63, 3.8) is 0 Å². The third-order valence-corrected chi connectivity index (χ3v) is 5.04. The van der Waals surface area contributed by atoms with Crippen molar-refractivity contribution in [2.45, 2.75) is 58.3 Å². The first-order valence-electron chi connectivity index (χ1n) is 8.93. The standard InChI is InChI=1S/C21H29FO2/c1-4-5-6-7-16-11-19(23)21(20(24)12-16)18-10-14(2)8-9-17(18)15(3)13-22/h10-12,17-18,23-24H,3-9,13H2,1-2H3. The lowest BCUT2D eigenvalue weighted by molar-refractivity contribution is 0.390. The minimum atomic E-state index is -0.565. The van der Waals surface area contributed by atoms with Crippen LogP contribution in [0.1, 0.15) is 63.0 Å². The highest BCUT2D eigenvalue weighted by Gasteiger charge is 2.31. The smallest absolute Gasteiger partial charge is 0.123 e. The first-order chi connectivity index (χ1) is 11.5. The molecule has 2 unspecified atom stereocenters. The molecule has 2 nitrogen and oxygen atoms in total. The van der Waals surface area contributed by atoms with Crippen LogP contribution in [0.2, 0.25) is 0 Å². The van der Waals surface area contributed by atoms with Gasteiger partial charge >= 0.3 is 0 Å². The highest BCUT2D eigenvalue weighted by atomic mass is 19.1. The lowest BCUT2D eigenvalue weighted by atomic mass is 9.73. The van der Waals surface area contributed by atoms with E-state index in [1.54, 1.807) is 12.1 Å². The van der Waals surface area contributed by atoms with Gasteiger partial charge in [-0.3, -0.25) is 0 Å². The average Bonchev–Trinajstić information content (AvgIpc) is 2.54. The van der Waals surface area contributed by atoms with E-state index in [0.717, 1.165) is 44.1 Å². The predicted octanol–water partition coefficient (Wildman–Crippen LogP) is 5.80. The fraction of sp³-hybridized carbons (Fsp3) is 0.524. The van der Waals surface area contributed by atoms with Crippen molar-refractivity contribution in [2.24, 2.45) is 5.92 Å². The van der Waals surface area contributed by atoms with Gasteiger partial charge in [-0.15, -0.1) is 0 Å². The van der Waals surface area contributed by atoms with Gasteiger partial charge in [0.1, 0.15) is 18.2 Å². The van der Waals surface area contributed by atoms with E-state index in [0.29, 0.717) is 11.1 Å². The first kappa shape index (κ1) is 18.6. The van der Waals surface area contributed by atoms with Crippen molar-refractivity contribution in [2.75, 3.05) is 6.67 Å². The quantitative estimate of drug-likeness (QED) is 0.489. The number of hydrogen-bond donors (Lipinski definition) is 2. The first-order valence-corrected chi connectivity index (χ1v) is 8.93. The summed E-state index contributed by atoms with van der Waals surface area (Å²) in [7, 11) is 0. The van der Waals surface area contributed by atoms with Gasteiger partial charge in [0.05, 0.1) is 0 Å². The molecule has 0 fully saturated rings. The SMILES string of the molecule is C=C(CF)C1CCC(C)=CC1c1c(O)cc(CCCCC)cc1O. The molecule has 24 heavy (non-hydrogen) atoms. The molecule has 0 saturated heterocycles. The lowest BCUT2D eigenvalue weighted by Crippen LogP contribution is -2.19. The zero-order chi connectivity index (χ0) is 17.7. The minimum Gasteiger partial charge on any atom is -0.507 e. The molecule has 0 aromatic heterocycles. The van der Waals surface area contributed by atoms with Crippen LogP contribution in [-0.4, -0.2) is 16.9 Å². The number of unbranched alkanes of at least 4 members (excludes halogenated alkanes) is 2. The Hall–Kier alpha value is -1.77. The molecule has 1 aromatic rings. The second-order valence-electron chi connectivity index (χ2n) is 6.98. The van der Waals surface area contributed by atoms with E-state index in [-0.39, 0.29) is 23.3 Å². The number of halogens is 1. The maximum Gasteiger partial charge on any atom is 0.123 e. The van der Waals surface area contributed by atoms with E-state index < -0.39 is 6.67 Å². The van der Waals surface area contributed by atoms with Gasteiger partial charge in [-0.25, -0.2) is 4.39 Å². The molecule has 3 heteroatoms. The Balaban J connectivity index is 2.34. The molecule has 2 N–H and O–H groups in total. The Labute approximate surface area is 144 Å². The molecule has 2 rings (SSSR count). The monoisotopic (exact) mass is 332 g/mol. The third kappa shape index (κ3) is 4.19. The Morgan fingerprint density at radius 2 is 1.92 bits per heavy atom. The van der Waals surface area contributed by atoms with Crippen LogP contribution in [0, 0.1) is 5.92 Å². The fourth-order valence-electron chi connectivity index (χ4n) is 3.66. The van der Waals surface area contributed by atoms with Crippen LogP contribution >= 0.6 is 0 Å². The van der Waals surface area contributed by atoms with Crippen LogP contribution in [-0.2, 0) is 6.42 Å². The molecule has 0 heterocycles. The van der Waals surface area contributed by atoms with Gasteiger partial charge in [-0.1, -0.05) is 38.0 Å². The van der Waals surface area contributed by atoms with E-state index in [4.69, 9.17) is 0 Å². The molecule has 0 saturated carbocycles. The minimum absolute atomic E-state index is 0.0820. The number of rotatable bonds is 7. The molecule has 2 atom stereocenters. The van der Waals surface area contributed by atoms with E-state index in [1.807, 2.05) is 13.0 Å². The molecule has 1 aromatic carbocycles. The van der Waals surface area contributed by atoms with Gasteiger partial charge in [-0.05, 0) is 61.8 Å². The van der Waals surface area contributed by atoms with Crippen molar-refractivity contribution in [3.05, 3.63) is 47.1 Å². The summed E-state index contributed by atoms with van der Waals surface area (Å²) < 4.78 is 13.2. The number of hydrogen-bond acceptors (Lipinski definition) is 2. The van der Waals surface area contributed by atoms with E-state index in [1.165, 1.54) is 5.57 Å². The zero-order valence-corrected chi connectivity index (χ0v) is 14.8. The summed E-state index contributed by atoms with van der Waals surface area (Å²) in [5.41, 5.74) is 3.19. The summed E-state index contributed by atoms with van der Waals surface area (Å²) in [6.07, 6.45) is 7.89. The Morgan fingerprint density at radius 3 is 2.50 bits per heavy atom. The van der Waals surface area contributed by atoms with Gasteiger partial charge in [0, 0.05) is 11.5 Å². The summed E-state index contributed by atoms with van der Waals surface area (Å²) in [5, 5.41) is 21.1. The molecular formula is C21H29FO2. The molecule has 1 aliphatic rings. The topological polar surface area (TPSA) is 40.5 Å². The Kier molecular flexibility index (Phi) is 6.47. The summed E-state index contributed by atoms with van der Waals surface area (Å²) >= 11 is 0. The van der Waals surface area contributed by atoms with E-state index in [9.17, 15) is 14.6 Å². The van der Waals surface area contributed by atoms with Crippen LogP contribution in [0.5, 0.6) is 11.5 Å². The molecule has 0 bridgehead atoms. The second-order valence-corrected chi connectivity index (χ2v) is 6.98. The number of phenolic OH excluding ortho intramolecular Hbond substituents is 2. The fourth-order valence-corrected chi connectivity index (χ4v) is 3.66. The number of phenols is 2. The van der Waals surface area contributed by atoms with Crippen molar-refractivity contribution in [1.29, 1.82) is 0 Å². The summed E-state index contributed by atoms with van der Waals surface area (Å²) in [4.78, 5) is 0. The summed E-state index contributed by atoms with van der Waals surface area (Å²) in [6.45, 7) is 7.47. The van der Waals surface area contributed by atoms with Gasteiger partial charge in [0.2, 0.25) is 0 Å². The molecule has 1 aliphatic carbocycles. The molecular weight excluding hydrogens is 303 g/mol. The molecule has 0 radical (unpaired) electrons. The van der Waals surface area contributed by atoms with Crippen LogP contribution in [0.3, 0.4) is 0 Å². The van der Waals surface area contributed by atoms with Gasteiger partial charge in [-0.2, -0.15) is 0 Å². The van der Waals surface area contributed by atoms with Gasteiger partial charge < -0.3 is 10.2 Å². The molecule has 132 valence electrons. The maximum atomic E-state index is 13.2. The van der Waals surface area contributed by atoms with Crippen LogP contribution in [0.4, 0.5) is 4.39 Å². The number of alkyl halides is 1. The van der Waals surface area contributed by atoms with Crippen molar-refractivity contribution in [3.8, 4) is 11.5 Å².